The third kappa shape index (κ3) is 11.4. The Morgan fingerprint density at radius 3 is 1.88 bits per heavy atom. The van der Waals surface area contributed by atoms with Crippen LogP contribution in [0.1, 0.15) is 57.5 Å². The van der Waals surface area contributed by atoms with Gasteiger partial charge in [-0.3, -0.25) is 19.4 Å². The Morgan fingerprint density at radius 1 is 0.600 bits per heavy atom. The van der Waals surface area contributed by atoms with E-state index >= 15 is 0 Å². The van der Waals surface area contributed by atoms with Gasteiger partial charge in [0.25, 0.3) is 5.91 Å². The average molecular weight is 703 g/mol. The molecule has 5 aromatic rings. The number of thioether (sulfide) groups is 1. The number of anilines is 3. The molecule has 11 heteroatoms. The van der Waals surface area contributed by atoms with Crippen LogP contribution in [0.25, 0.3) is 11.1 Å². The maximum atomic E-state index is 11.0. The zero-order valence-corrected chi connectivity index (χ0v) is 26.7. The van der Waals surface area contributed by atoms with Crippen LogP contribution in [0.15, 0.2) is 86.9 Å². The Hall–Kier alpha value is -5.29. The van der Waals surface area contributed by atoms with Crippen molar-refractivity contribution in [1.82, 2.24) is 4.98 Å². The van der Waals surface area contributed by atoms with Crippen LogP contribution in [0.2, 0.25) is 0 Å². The van der Waals surface area contributed by atoms with Gasteiger partial charge < -0.3 is 25.1 Å². The van der Waals surface area contributed by atoms with Crippen LogP contribution in [-0.2, 0) is 20.8 Å². The normalized spacial score (nSPS) is 12.7. The smallest absolute Gasteiger partial charge is 0.417 e. The number of nitrogens with one attached hydrogen (secondary N) is 4. The molecular weight excluding hydrogens is 653 g/mol. The van der Waals surface area contributed by atoms with E-state index in [4.69, 9.17) is 9.15 Å². The number of oxazole rings is 1. The number of carbonyl (C=O) groups excluding carboxylic acids is 3. The molecule has 0 fully saturated rings. The van der Waals surface area contributed by atoms with Crippen LogP contribution in [0.3, 0.4) is 0 Å². The van der Waals surface area contributed by atoms with Gasteiger partial charge in [-0.2, -0.15) is 0 Å². The third-order valence-corrected chi connectivity index (χ3v) is 8.07. The topological polar surface area (TPSA) is 143 Å². The molecule has 3 aliphatic rings. The maximum Gasteiger partial charge on any atom is 0.417 e. The summed E-state index contributed by atoms with van der Waals surface area (Å²) in [6, 6.07) is 23.4. The Morgan fingerprint density at radius 2 is 1.16 bits per heavy atom. The molecule has 0 radical (unpaired) electrons. The zero-order chi connectivity index (χ0) is 32.8. The highest BCUT2D eigenvalue weighted by atomic mass is 32.2. The number of hydrogen-bond donors (Lipinski definition) is 4. The molecule has 3 amide bonds. The Bertz CT molecular complexity index is 1930. The maximum absolute atomic E-state index is 11.0. The van der Waals surface area contributed by atoms with Gasteiger partial charge in [0.05, 0.1) is 29.1 Å². The number of H-pyrrole nitrogens is 1. The van der Waals surface area contributed by atoms with E-state index in [0.29, 0.717) is 17.8 Å². The Kier molecular flexibility index (Phi) is 16.3. The van der Waals surface area contributed by atoms with Gasteiger partial charge in [-0.25, -0.2) is 4.79 Å². The molecule has 0 aliphatic carbocycles. The van der Waals surface area contributed by atoms with E-state index in [1.807, 2.05) is 82.3 Å². The molecular formula is C39H50N4O6S. The highest BCUT2D eigenvalue weighted by Gasteiger charge is 2.17. The highest BCUT2D eigenvalue weighted by Crippen LogP contribution is 2.31. The van der Waals surface area contributed by atoms with Crippen molar-refractivity contribution in [2.75, 3.05) is 28.3 Å². The molecule has 3 aliphatic heterocycles. The highest BCUT2D eigenvalue weighted by molar-refractivity contribution is 8.00. The molecule has 0 unspecified atom stereocenters. The van der Waals surface area contributed by atoms with Gasteiger partial charge in [-0.1, -0.05) is 60.0 Å². The van der Waals surface area contributed by atoms with Crippen molar-refractivity contribution in [3.63, 3.8) is 0 Å². The van der Waals surface area contributed by atoms with Crippen molar-refractivity contribution in [2.45, 2.75) is 68.7 Å². The van der Waals surface area contributed by atoms with Crippen molar-refractivity contribution in [1.29, 1.82) is 0 Å². The first-order chi connectivity index (χ1) is 22.0. The molecule has 4 N–H and O–H groups in total. The van der Waals surface area contributed by atoms with Gasteiger partial charge >= 0.3 is 5.76 Å². The van der Waals surface area contributed by atoms with Gasteiger partial charge in [-0.05, 0) is 98.0 Å². The minimum absolute atomic E-state index is 0. The Balaban J connectivity index is 0.000000325. The lowest BCUT2D eigenvalue weighted by molar-refractivity contribution is -0.118. The van der Waals surface area contributed by atoms with E-state index in [-0.39, 0.29) is 54.0 Å². The SMILES string of the molecule is C.C.C.C.Cc1ccc2c(c1)NC(=O)C2.Cc1ccc2c(c1)NC(=O)CO2.Cc1ccc2c(c1)NC(=O)CS2.Cc1ccc2oc(=O)[nH]c2c1. The fraction of sp³-hybridized carbons (Fsp3) is 0.282. The number of aromatic nitrogens is 1. The Labute approximate surface area is 299 Å². The van der Waals surface area contributed by atoms with Crippen molar-refractivity contribution >= 4 is 57.6 Å². The second-order valence-electron chi connectivity index (χ2n) is 11.1. The van der Waals surface area contributed by atoms with Crippen LogP contribution in [0.5, 0.6) is 5.75 Å². The van der Waals surface area contributed by atoms with Crippen LogP contribution in [0.4, 0.5) is 17.1 Å². The van der Waals surface area contributed by atoms with Crippen LogP contribution >= 0.6 is 11.8 Å². The first kappa shape index (κ1) is 42.7. The predicted molar refractivity (Wildman–Crippen MR) is 208 cm³/mol. The van der Waals surface area contributed by atoms with Crippen molar-refractivity contribution < 1.29 is 23.5 Å². The number of aryl methyl sites for hydroxylation is 4. The predicted octanol–water partition coefficient (Wildman–Crippen LogP) is 8.83. The fourth-order valence-electron chi connectivity index (χ4n) is 4.79. The number of hydrogen-bond acceptors (Lipinski definition) is 7. The van der Waals surface area contributed by atoms with E-state index in [9.17, 15) is 19.2 Å². The minimum atomic E-state index is -0.398. The molecule has 10 nitrogen and oxygen atoms in total. The lowest BCUT2D eigenvalue weighted by atomic mass is 10.1. The second kappa shape index (κ2) is 19.0. The number of aromatic amines is 1. The monoisotopic (exact) mass is 702 g/mol. The molecule has 50 heavy (non-hydrogen) atoms. The van der Waals surface area contributed by atoms with E-state index in [1.54, 1.807) is 17.8 Å². The van der Waals surface area contributed by atoms with Gasteiger partial charge in [0.2, 0.25) is 11.8 Å². The third-order valence-electron chi connectivity index (χ3n) is 7.00. The molecule has 8 rings (SSSR count). The van der Waals surface area contributed by atoms with E-state index < -0.39 is 5.76 Å². The summed E-state index contributed by atoms with van der Waals surface area (Å²) in [7, 11) is 0. The van der Waals surface area contributed by atoms with Gasteiger partial charge in [0.15, 0.2) is 12.2 Å². The van der Waals surface area contributed by atoms with Gasteiger partial charge in [0, 0.05) is 10.6 Å². The largest absolute Gasteiger partial charge is 0.482 e. The van der Waals surface area contributed by atoms with Gasteiger partial charge in [0.1, 0.15) is 5.75 Å². The summed E-state index contributed by atoms with van der Waals surface area (Å²) in [6.07, 6.45) is 0.537. The van der Waals surface area contributed by atoms with E-state index in [2.05, 4.69) is 33.1 Å². The van der Waals surface area contributed by atoms with Crippen molar-refractivity contribution in [2.24, 2.45) is 0 Å². The summed E-state index contributed by atoms with van der Waals surface area (Å²) in [5.74, 6) is 0.998. The summed E-state index contributed by atoms with van der Waals surface area (Å²) >= 11 is 1.59. The first-order valence-corrected chi connectivity index (χ1v) is 15.6. The summed E-state index contributed by atoms with van der Waals surface area (Å²) in [5, 5.41) is 8.38. The van der Waals surface area contributed by atoms with Crippen molar-refractivity contribution in [3.8, 4) is 5.75 Å². The zero-order valence-electron chi connectivity index (χ0n) is 25.9. The molecule has 1 aromatic heterocycles. The summed E-state index contributed by atoms with van der Waals surface area (Å²) < 4.78 is 9.99. The lowest BCUT2D eigenvalue weighted by Gasteiger charge is -2.17. The standard InChI is InChI=1S/C9H9NO2.C9H9NOS.C9H9NO.C8H7NO2.4CH4/c2*1-6-2-3-8-7(4-6)10-9(11)5-12-8;1-6-2-3-7-5-9(11)10-8(7)4-6;1-5-2-3-7-6(4-5)9-8(10)11-7;;;;/h2*2-4H,5H2,1H3,(H,10,11);2-4H,5H2,1H3,(H,10,11);2-4H,1H3,(H,9,10);4*1H4. The molecule has 0 bridgehead atoms. The van der Waals surface area contributed by atoms with E-state index in [1.165, 1.54) is 16.0 Å². The van der Waals surface area contributed by atoms with Crippen LogP contribution in [-0.4, -0.2) is 35.1 Å². The number of carbonyl (C=O) groups is 3. The second-order valence-corrected chi connectivity index (χ2v) is 12.1. The molecule has 0 atom stereocenters. The number of benzene rings is 4. The van der Waals surface area contributed by atoms with Crippen LogP contribution < -0.4 is 26.4 Å². The molecule has 4 aromatic carbocycles. The molecule has 4 heterocycles. The van der Waals surface area contributed by atoms with Gasteiger partial charge in [-0.15, -0.1) is 11.8 Å². The number of rotatable bonds is 0. The first-order valence-electron chi connectivity index (χ1n) is 14.6. The molecule has 0 saturated heterocycles. The number of ether oxygens (including phenoxy) is 1. The molecule has 268 valence electrons. The molecule has 0 saturated carbocycles. The fourth-order valence-corrected chi connectivity index (χ4v) is 5.58. The minimum Gasteiger partial charge on any atom is -0.482 e. The summed E-state index contributed by atoms with van der Waals surface area (Å²) in [5.41, 5.74) is 9.77. The molecule has 0 spiro atoms. The lowest BCUT2D eigenvalue weighted by Crippen LogP contribution is -2.25. The van der Waals surface area contributed by atoms with Crippen molar-refractivity contribution in [3.05, 3.63) is 111 Å². The van der Waals surface area contributed by atoms with Crippen LogP contribution in [0, 0.1) is 27.7 Å². The summed E-state index contributed by atoms with van der Waals surface area (Å²) in [4.78, 5) is 47.2. The number of fused-ring (bicyclic) bond motifs is 4. The van der Waals surface area contributed by atoms with E-state index in [0.717, 1.165) is 45.0 Å². The summed E-state index contributed by atoms with van der Waals surface area (Å²) in [6.45, 7) is 8.10. The number of amides is 3. The quantitative estimate of drug-likeness (QED) is 0.126. The average Bonchev–Trinajstić information content (AvgIpc) is 3.57.